The maximum Gasteiger partial charge on any atom is 0.194 e. The summed E-state index contributed by atoms with van der Waals surface area (Å²) in [6.07, 6.45) is 7.73. The molecule has 1 aliphatic carbocycles. The van der Waals surface area contributed by atoms with Gasteiger partial charge in [-0.1, -0.05) is 19.8 Å². The SMILES string of the molecule is Cc1nnc(CN=C(NC2CCCC2)N2CCC(C)CC2)n1C.I. The molecule has 2 aliphatic rings. The van der Waals surface area contributed by atoms with Crippen LogP contribution >= 0.6 is 24.0 Å². The lowest BCUT2D eigenvalue weighted by Gasteiger charge is -2.34. The van der Waals surface area contributed by atoms with Crippen molar-refractivity contribution in [2.45, 2.75) is 65.0 Å². The van der Waals surface area contributed by atoms with Gasteiger partial charge in [0.25, 0.3) is 0 Å². The van der Waals surface area contributed by atoms with Crippen LogP contribution in [0.1, 0.15) is 57.1 Å². The van der Waals surface area contributed by atoms with E-state index >= 15 is 0 Å². The molecule has 2 fully saturated rings. The highest BCUT2D eigenvalue weighted by Crippen LogP contribution is 2.20. The van der Waals surface area contributed by atoms with E-state index in [0.29, 0.717) is 12.6 Å². The number of aryl methyl sites for hydroxylation is 1. The Kier molecular flexibility index (Phi) is 7.31. The van der Waals surface area contributed by atoms with Crippen molar-refractivity contribution >= 4 is 29.9 Å². The van der Waals surface area contributed by atoms with Crippen molar-refractivity contribution in [2.75, 3.05) is 13.1 Å². The van der Waals surface area contributed by atoms with Crippen LogP contribution in [-0.4, -0.2) is 44.8 Å². The summed E-state index contributed by atoms with van der Waals surface area (Å²) in [5.41, 5.74) is 0. The van der Waals surface area contributed by atoms with E-state index in [4.69, 9.17) is 4.99 Å². The molecule has 0 aromatic carbocycles. The number of nitrogens with one attached hydrogen (secondary N) is 1. The third-order valence-corrected chi connectivity index (χ3v) is 5.32. The molecule has 0 radical (unpaired) electrons. The number of nitrogens with zero attached hydrogens (tertiary/aromatic N) is 5. The lowest BCUT2D eigenvalue weighted by Crippen LogP contribution is -2.48. The molecule has 1 saturated carbocycles. The summed E-state index contributed by atoms with van der Waals surface area (Å²) in [5.74, 6) is 3.77. The van der Waals surface area contributed by atoms with Gasteiger partial charge in [0.15, 0.2) is 11.8 Å². The minimum Gasteiger partial charge on any atom is -0.353 e. The van der Waals surface area contributed by atoms with Gasteiger partial charge >= 0.3 is 0 Å². The molecule has 0 atom stereocenters. The molecule has 1 N–H and O–H groups in total. The number of halogens is 1. The second-order valence-electron chi connectivity index (χ2n) is 7.16. The normalized spacial score (nSPS) is 20.3. The van der Waals surface area contributed by atoms with E-state index in [-0.39, 0.29) is 24.0 Å². The molecule has 2 heterocycles. The van der Waals surface area contributed by atoms with Crippen molar-refractivity contribution in [3.63, 3.8) is 0 Å². The van der Waals surface area contributed by atoms with Crippen LogP contribution in [0.5, 0.6) is 0 Å². The molecule has 24 heavy (non-hydrogen) atoms. The van der Waals surface area contributed by atoms with Crippen LogP contribution in [0.15, 0.2) is 4.99 Å². The van der Waals surface area contributed by atoms with Crippen molar-refractivity contribution < 1.29 is 0 Å². The van der Waals surface area contributed by atoms with E-state index in [1.165, 1.54) is 38.5 Å². The average Bonchev–Trinajstić information content (AvgIpc) is 3.17. The molecule has 1 aromatic rings. The van der Waals surface area contributed by atoms with Crippen LogP contribution in [0, 0.1) is 12.8 Å². The Balaban J connectivity index is 0.00000208. The fourth-order valence-corrected chi connectivity index (χ4v) is 3.44. The van der Waals surface area contributed by atoms with Gasteiger partial charge < -0.3 is 14.8 Å². The summed E-state index contributed by atoms with van der Waals surface area (Å²) in [7, 11) is 2.01. The summed E-state index contributed by atoms with van der Waals surface area (Å²) in [5, 5.41) is 12.1. The second kappa shape index (κ2) is 9.01. The lowest BCUT2D eigenvalue weighted by atomic mass is 9.99. The molecule has 0 spiro atoms. The third kappa shape index (κ3) is 4.83. The fourth-order valence-electron chi connectivity index (χ4n) is 3.44. The van der Waals surface area contributed by atoms with Gasteiger partial charge in [-0.3, -0.25) is 0 Å². The van der Waals surface area contributed by atoms with Crippen LogP contribution in [0.4, 0.5) is 0 Å². The monoisotopic (exact) mass is 446 g/mol. The smallest absolute Gasteiger partial charge is 0.194 e. The van der Waals surface area contributed by atoms with E-state index in [2.05, 4.69) is 27.3 Å². The summed E-state index contributed by atoms with van der Waals surface area (Å²) < 4.78 is 2.02. The molecule has 136 valence electrons. The van der Waals surface area contributed by atoms with Gasteiger partial charge in [-0.2, -0.15) is 0 Å². The first kappa shape index (κ1) is 19.5. The second-order valence-corrected chi connectivity index (χ2v) is 7.16. The van der Waals surface area contributed by atoms with Gasteiger partial charge in [0, 0.05) is 26.2 Å². The highest BCUT2D eigenvalue weighted by atomic mass is 127. The average molecular weight is 446 g/mol. The molecular formula is C17H31IN6. The highest BCUT2D eigenvalue weighted by molar-refractivity contribution is 14.0. The Labute approximate surface area is 162 Å². The zero-order valence-electron chi connectivity index (χ0n) is 15.2. The Morgan fingerprint density at radius 3 is 2.42 bits per heavy atom. The summed E-state index contributed by atoms with van der Waals surface area (Å²) in [6.45, 7) is 7.14. The minimum atomic E-state index is 0. The summed E-state index contributed by atoms with van der Waals surface area (Å²) in [4.78, 5) is 7.32. The maximum absolute atomic E-state index is 4.89. The van der Waals surface area contributed by atoms with Gasteiger partial charge in [0.05, 0.1) is 0 Å². The quantitative estimate of drug-likeness (QED) is 0.441. The number of piperidine rings is 1. The molecule has 7 heteroatoms. The largest absolute Gasteiger partial charge is 0.353 e. The van der Waals surface area contributed by atoms with Gasteiger partial charge in [-0.05, 0) is 38.5 Å². The zero-order valence-corrected chi connectivity index (χ0v) is 17.5. The van der Waals surface area contributed by atoms with Crippen molar-refractivity contribution in [1.82, 2.24) is 25.0 Å². The van der Waals surface area contributed by atoms with E-state index in [0.717, 1.165) is 36.6 Å². The Morgan fingerprint density at radius 1 is 1.17 bits per heavy atom. The maximum atomic E-state index is 4.89. The predicted molar refractivity (Wildman–Crippen MR) is 108 cm³/mol. The lowest BCUT2D eigenvalue weighted by molar-refractivity contribution is 0.270. The van der Waals surface area contributed by atoms with Gasteiger partial charge in [0.2, 0.25) is 0 Å². The highest BCUT2D eigenvalue weighted by Gasteiger charge is 2.23. The number of guanidine groups is 1. The minimum absolute atomic E-state index is 0. The molecule has 1 aromatic heterocycles. The van der Waals surface area contributed by atoms with Gasteiger partial charge in [-0.25, -0.2) is 4.99 Å². The summed E-state index contributed by atoms with van der Waals surface area (Å²) in [6, 6.07) is 0.592. The number of likely N-dealkylation sites (tertiary alicyclic amines) is 1. The molecule has 0 bridgehead atoms. The van der Waals surface area contributed by atoms with Crippen molar-refractivity contribution in [1.29, 1.82) is 0 Å². The molecule has 1 saturated heterocycles. The first-order chi connectivity index (χ1) is 11.1. The van der Waals surface area contributed by atoms with E-state index < -0.39 is 0 Å². The van der Waals surface area contributed by atoms with Crippen molar-refractivity contribution in [2.24, 2.45) is 18.0 Å². The van der Waals surface area contributed by atoms with Crippen LogP contribution in [0.3, 0.4) is 0 Å². The van der Waals surface area contributed by atoms with Crippen LogP contribution in [-0.2, 0) is 13.6 Å². The van der Waals surface area contributed by atoms with E-state index in [1.54, 1.807) is 0 Å². The van der Waals surface area contributed by atoms with Crippen LogP contribution in [0.2, 0.25) is 0 Å². The standard InChI is InChI=1S/C17H30N6.HI/c1-13-8-10-23(11-9-13)17(19-15-6-4-5-7-15)18-12-16-21-20-14(2)22(16)3;/h13,15H,4-12H2,1-3H3,(H,18,19);1H. The van der Waals surface area contributed by atoms with E-state index in [1.807, 2.05) is 18.5 Å². The predicted octanol–water partition coefficient (Wildman–Crippen LogP) is 2.86. The van der Waals surface area contributed by atoms with Crippen LogP contribution in [0.25, 0.3) is 0 Å². The van der Waals surface area contributed by atoms with Gasteiger partial charge in [0.1, 0.15) is 12.4 Å². The summed E-state index contributed by atoms with van der Waals surface area (Å²) >= 11 is 0. The Bertz CT molecular complexity index is 541. The molecule has 3 rings (SSSR count). The fraction of sp³-hybridized carbons (Fsp3) is 0.824. The first-order valence-corrected chi connectivity index (χ1v) is 9.04. The molecule has 1 aliphatic heterocycles. The van der Waals surface area contributed by atoms with Crippen molar-refractivity contribution in [3.05, 3.63) is 11.6 Å². The van der Waals surface area contributed by atoms with Gasteiger partial charge in [-0.15, -0.1) is 34.2 Å². The van der Waals surface area contributed by atoms with Crippen LogP contribution < -0.4 is 5.32 Å². The number of rotatable bonds is 3. The topological polar surface area (TPSA) is 58.3 Å². The molecule has 6 nitrogen and oxygen atoms in total. The zero-order chi connectivity index (χ0) is 16.2. The Morgan fingerprint density at radius 2 is 1.83 bits per heavy atom. The number of hydrogen-bond acceptors (Lipinski definition) is 3. The molecule has 0 unspecified atom stereocenters. The molecular weight excluding hydrogens is 415 g/mol. The number of aromatic nitrogens is 3. The Hall–Kier alpha value is -0.860. The van der Waals surface area contributed by atoms with E-state index in [9.17, 15) is 0 Å². The van der Waals surface area contributed by atoms with Crippen molar-refractivity contribution in [3.8, 4) is 0 Å². The number of hydrogen-bond donors (Lipinski definition) is 1. The number of aliphatic imine (C=N–C) groups is 1. The first-order valence-electron chi connectivity index (χ1n) is 9.04. The molecule has 0 amide bonds. The third-order valence-electron chi connectivity index (χ3n) is 5.32.